The maximum atomic E-state index is 5.47. The number of nitrogens with zero attached hydrogens (tertiary/aromatic N) is 1. The zero-order valence-corrected chi connectivity index (χ0v) is 16.2. The molecule has 0 aliphatic carbocycles. The van der Waals surface area contributed by atoms with Gasteiger partial charge in [-0.05, 0) is 47.6 Å². The molecule has 3 aromatic carbocycles. The molecular formula is C22H20N4OS. The first kappa shape index (κ1) is 18.0. The second-order valence-corrected chi connectivity index (χ2v) is 6.70. The van der Waals surface area contributed by atoms with Crippen LogP contribution in [0.25, 0.3) is 22.2 Å². The summed E-state index contributed by atoms with van der Waals surface area (Å²) in [6.07, 6.45) is 0. The van der Waals surface area contributed by atoms with Crippen LogP contribution in [0.15, 0.2) is 72.8 Å². The number of ether oxygens (including phenoxy) is 1. The van der Waals surface area contributed by atoms with Crippen LogP contribution in [-0.2, 0) is 6.54 Å². The van der Waals surface area contributed by atoms with Crippen LogP contribution in [0.5, 0.6) is 5.75 Å². The molecule has 5 nitrogen and oxygen atoms in total. The van der Waals surface area contributed by atoms with E-state index < -0.39 is 0 Å². The van der Waals surface area contributed by atoms with Crippen molar-refractivity contribution in [1.82, 2.24) is 15.3 Å². The molecule has 0 bridgehead atoms. The standard InChI is InChI=1S/C22H20N4OS/c1-27-20-12-11-16(15-7-3-2-4-8-15)13-19(20)26-22(28)23-14-21-24-17-9-5-6-10-18(17)25-21/h2-13H,14H2,1H3,(H,24,25)(H2,23,26,28). The van der Waals surface area contributed by atoms with Crippen LogP contribution in [0.1, 0.15) is 5.82 Å². The SMILES string of the molecule is COc1ccc(-c2ccccc2)cc1NC(=S)NCc1nc2ccccc2[nH]1. The molecule has 3 N–H and O–H groups in total. The predicted molar refractivity (Wildman–Crippen MR) is 118 cm³/mol. The second-order valence-electron chi connectivity index (χ2n) is 6.29. The number of thiocarbonyl (C=S) groups is 1. The Morgan fingerprint density at radius 1 is 1.00 bits per heavy atom. The maximum Gasteiger partial charge on any atom is 0.171 e. The fourth-order valence-corrected chi connectivity index (χ4v) is 3.22. The average molecular weight is 388 g/mol. The van der Waals surface area contributed by atoms with Gasteiger partial charge >= 0.3 is 0 Å². The maximum absolute atomic E-state index is 5.47. The van der Waals surface area contributed by atoms with Gasteiger partial charge in [0.15, 0.2) is 5.11 Å². The van der Waals surface area contributed by atoms with Crippen molar-refractivity contribution in [1.29, 1.82) is 0 Å². The number of methoxy groups -OCH3 is 1. The molecule has 0 radical (unpaired) electrons. The van der Waals surface area contributed by atoms with Gasteiger partial charge in [0.1, 0.15) is 11.6 Å². The van der Waals surface area contributed by atoms with Gasteiger partial charge in [-0.25, -0.2) is 4.98 Å². The normalized spacial score (nSPS) is 10.6. The minimum Gasteiger partial charge on any atom is -0.495 e. The Morgan fingerprint density at radius 3 is 2.57 bits per heavy atom. The third-order valence-electron chi connectivity index (χ3n) is 4.41. The molecule has 1 aromatic heterocycles. The summed E-state index contributed by atoms with van der Waals surface area (Å²) in [5.74, 6) is 1.56. The van der Waals surface area contributed by atoms with Gasteiger partial charge in [-0.1, -0.05) is 48.5 Å². The van der Waals surface area contributed by atoms with Crippen molar-refractivity contribution in [3.05, 3.63) is 78.6 Å². The van der Waals surface area contributed by atoms with Crippen molar-refractivity contribution in [3.63, 3.8) is 0 Å². The van der Waals surface area contributed by atoms with Gasteiger partial charge in [-0.2, -0.15) is 0 Å². The topological polar surface area (TPSA) is 62.0 Å². The largest absolute Gasteiger partial charge is 0.495 e. The predicted octanol–water partition coefficient (Wildman–Crippen LogP) is 4.73. The van der Waals surface area contributed by atoms with Crippen molar-refractivity contribution in [3.8, 4) is 16.9 Å². The van der Waals surface area contributed by atoms with E-state index in [-0.39, 0.29) is 0 Å². The van der Waals surface area contributed by atoms with E-state index in [0.717, 1.165) is 39.4 Å². The van der Waals surface area contributed by atoms with Gasteiger partial charge in [-0.15, -0.1) is 0 Å². The molecule has 0 fully saturated rings. The lowest BCUT2D eigenvalue weighted by atomic mass is 10.0. The number of fused-ring (bicyclic) bond motifs is 1. The Kier molecular flexibility index (Phi) is 5.21. The second kappa shape index (κ2) is 8.10. The molecule has 0 aliphatic rings. The highest BCUT2D eigenvalue weighted by Gasteiger charge is 2.09. The summed E-state index contributed by atoms with van der Waals surface area (Å²) >= 11 is 5.46. The Morgan fingerprint density at radius 2 is 1.79 bits per heavy atom. The fourth-order valence-electron chi connectivity index (χ4n) is 3.04. The van der Waals surface area contributed by atoms with Crippen molar-refractivity contribution < 1.29 is 4.74 Å². The number of anilines is 1. The molecule has 6 heteroatoms. The Labute approximate surface area is 168 Å². The molecule has 4 aromatic rings. The summed E-state index contributed by atoms with van der Waals surface area (Å²) in [6, 6.07) is 24.1. The highest BCUT2D eigenvalue weighted by molar-refractivity contribution is 7.80. The first-order valence-electron chi connectivity index (χ1n) is 8.95. The number of hydrogen-bond donors (Lipinski definition) is 3. The van der Waals surface area contributed by atoms with Crippen LogP contribution in [0.4, 0.5) is 5.69 Å². The van der Waals surface area contributed by atoms with Gasteiger partial charge in [0.2, 0.25) is 0 Å². The molecule has 0 atom stereocenters. The molecule has 0 saturated carbocycles. The molecule has 0 amide bonds. The lowest BCUT2D eigenvalue weighted by Crippen LogP contribution is -2.28. The summed E-state index contributed by atoms with van der Waals surface area (Å²) in [6.45, 7) is 0.501. The summed E-state index contributed by atoms with van der Waals surface area (Å²) in [5.41, 5.74) is 4.98. The summed E-state index contributed by atoms with van der Waals surface area (Å²) in [4.78, 5) is 7.83. The third kappa shape index (κ3) is 3.97. The Hall–Kier alpha value is -3.38. The van der Waals surface area contributed by atoms with Crippen LogP contribution >= 0.6 is 12.2 Å². The molecule has 0 spiro atoms. The minimum atomic E-state index is 0.501. The summed E-state index contributed by atoms with van der Waals surface area (Å²) < 4.78 is 5.47. The fraction of sp³-hybridized carbons (Fsp3) is 0.0909. The molecule has 4 rings (SSSR count). The van der Waals surface area contributed by atoms with Gasteiger partial charge in [0.05, 0.1) is 30.4 Å². The van der Waals surface area contributed by atoms with E-state index in [9.17, 15) is 0 Å². The number of rotatable bonds is 5. The van der Waals surface area contributed by atoms with Crippen LogP contribution in [0, 0.1) is 0 Å². The van der Waals surface area contributed by atoms with Gasteiger partial charge in [-0.3, -0.25) is 0 Å². The van der Waals surface area contributed by atoms with Crippen molar-refractivity contribution in [2.75, 3.05) is 12.4 Å². The van der Waals surface area contributed by atoms with Crippen LogP contribution in [0.2, 0.25) is 0 Å². The van der Waals surface area contributed by atoms with Crippen LogP contribution < -0.4 is 15.4 Å². The summed E-state index contributed by atoms with van der Waals surface area (Å²) in [7, 11) is 1.65. The monoisotopic (exact) mass is 388 g/mol. The zero-order chi connectivity index (χ0) is 19.3. The summed E-state index contributed by atoms with van der Waals surface area (Å²) in [5, 5.41) is 6.92. The number of aromatic nitrogens is 2. The van der Waals surface area contributed by atoms with E-state index in [1.807, 2.05) is 60.7 Å². The molecule has 0 saturated heterocycles. The van der Waals surface area contributed by atoms with E-state index >= 15 is 0 Å². The first-order valence-corrected chi connectivity index (χ1v) is 9.36. The van der Waals surface area contributed by atoms with Gasteiger partial charge in [0.25, 0.3) is 0 Å². The number of benzene rings is 3. The molecule has 140 valence electrons. The number of para-hydroxylation sites is 2. The number of imidazole rings is 1. The highest BCUT2D eigenvalue weighted by Crippen LogP contribution is 2.30. The van der Waals surface area contributed by atoms with E-state index in [1.54, 1.807) is 7.11 Å². The van der Waals surface area contributed by atoms with Crippen LogP contribution in [0.3, 0.4) is 0 Å². The third-order valence-corrected chi connectivity index (χ3v) is 4.66. The lowest BCUT2D eigenvalue weighted by molar-refractivity contribution is 0.417. The number of aromatic amines is 1. The first-order chi connectivity index (χ1) is 13.7. The van der Waals surface area contributed by atoms with E-state index in [1.165, 1.54) is 0 Å². The molecular weight excluding hydrogens is 368 g/mol. The molecule has 28 heavy (non-hydrogen) atoms. The minimum absolute atomic E-state index is 0.501. The highest BCUT2D eigenvalue weighted by atomic mass is 32.1. The quantitative estimate of drug-likeness (QED) is 0.432. The number of nitrogens with one attached hydrogen (secondary N) is 3. The van der Waals surface area contributed by atoms with E-state index in [0.29, 0.717) is 11.7 Å². The van der Waals surface area contributed by atoms with Crippen LogP contribution in [-0.4, -0.2) is 22.2 Å². The Balaban J connectivity index is 1.47. The molecule has 0 unspecified atom stereocenters. The van der Waals surface area contributed by atoms with Crippen molar-refractivity contribution in [2.24, 2.45) is 0 Å². The average Bonchev–Trinajstić information content (AvgIpc) is 3.16. The molecule has 0 aliphatic heterocycles. The van der Waals surface area contributed by atoms with E-state index in [4.69, 9.17) is 17.0 Å². The molecule has 1 heterocycles. The lowest BCUT2D eigenvalue weighted by Gasteiger charge is -2.14. The van der Waals surface area contributed by atoms with E-state index in [2.05, 4.69) is 32.7 Å². The van der Waals surface area contributed by atoms with Gasteiger partial charge in [0, 0.05) is 0 Å². The number of hydrogen-bond acceptors (Lipinski definition) is 3. The zero-order valence-electron chi connectivity index (χ0n) is 15.4. The smallest absolute Gasteiger partial charge is 0.171 e. The van der Waals surface area contributed by atoms with Gasteiger partial charge < -0.3 is 20.4 Å². The van der Waals surface area contributed by atoms with Crippen molar-refractivity contribution >= 4 is 34.1 Å². The van der Waals surface area contributed by atoms with Crippen molar-refractivity contribution in [2.45, 2.75) is 6.54 Å². The Bertz CT molecular complexity index is 1070. The number of H-pyrrole nitrogens is 1.